The minimum absolute atomic E-state index is 0.0113. The number of aliphatic hydroxyl groups is 1. The smallest absolute Gasteiger partial charge is 0.407 e. The van der Waals surface area contributed by atoms with E-state index in [9.17, 15) is 13.6 Å². The molecule has 0 atom stereocenters. The van der Waals surface area contributed by atoms with E-state index in [-0.39, 0.29) is 6.61 Å². The fraction of sp³-hybridized carbons (Fsp3) is 0.364. The van der Waals surface area contributed by atoms with Gasteiger partial charge in [0.05, 0.1) is 6.54 Å². The summed E-state index contributed by atoms with van der Waals surface area (Å²) < 4.78 is 29.8. The van der Waals surface area contributed by atoms with Crippen LogP contribution in [0.4, 0.5) is 13.6 Å². The standard InChI is InChI=1S/C11H13F2NO3/c12-11(13,8-15)7-14-10(16)17-6-9-4-2-1-3-5-9/h1-5,15H,6-8H2,(H,14,16). The van der Waals surface area contributed by atoms with E-state index in [4.69, 9.17) is 9.84 Å². The lowest BCUT2D eigenvalue weighted by Gasteiger charge is -2.13. The number of halogens is 2. The van der Waals surface area contributed by atoms with Gasteiger partial charge in [-0.25, -0.2) is 13.6 Å². The molecule has 0 heterocycles. The topological polar surface area (TPSA) is 58.6 Å². The minimum Gasteiger partial charge on any atom is -0.445 e. The van der Waals surface area contributed by atoms with Crippen molar-refractivity contribution in [2.24, 2.45) is 0 Å². The maximum Gasteiger partial charge on any atom is 0.407 e. The molecule has 1 amide bonds. The summed E-state index contributed by atoms with van der Waals surface area (Å²) >= 11 is 0. The van der Waals surface area contributed by atoms with Crippen LogP contribution < -0.4 is 5.32 Å². The molecule has 1 aromatic rings. The normalized spacial score (nSPS) is 11.0. The lowest BCUT2D eigenvalue weighted by atomic mass is 10.2. The van der Waals surface area contributed by atoms with Gasteiger partial charge in [0.15, 0.2) is 0 Å². The van der Waals surface area contributed by atoms with Crippen LogP contribution >= 0.6 is 0 Å². The Hall–Kier alpha value is -1.69. The average molecular weight is 245 g/mol. The van der Waals surface area contributed by atoms with Crippen molar-refractivity contribution in [2.45, 2.75) is 12.5 Å². The highest BCUT2D eigenvalue weighted by atomic mass is 19.3. The zero-order valence-electron chi connectivity index (χ0n) is 9.03. The third-order valence-electron chi connectivity index (χ3n) is 1.94. The zero-order chi connectivity index (χ0) is 12.7. The van der Waals surface area contributed by atoms with Gasteiger partial charge in [-0.15, -0.1) is 0 Å². The molecular weight excluding hydrogens is 232 g/mol. The van der Waals surface area contributed by atoms with E-state index in [2.05, 4.69) is 0 Å². The maximum absolute atomic E-state index is 12.6. The summed E-state index contributed by atoms with van der Waals surface area (Å²) in [5.74, 6) is -3.33. The van der Waals surface area contributed by atoms with E-state index in [0.29, 0.717) is 0 Å². The first-order valence-corrected chi connectivity index (χ1v) is 4.97. The summed E-state index contributed by atoms with van der Waals surface area (Å²) in [5.41, 5.74) is 0.761. The Balaban J connectivity index is 2.27. The highest BCUT2D eigenvalue weighted by molar-refractivity contribution is 5.67. The summed E-state index contributed by atoms with van der Waals surface area (Å²) in [6, 6.07) is 8.85. The van der Waals surface area contributed by atoms with Crippen molar-refractivity contribution in [3.05, 3.63) is 35.9 Å². The number of alkyl halides is 2. The van der Waals surface area contributed by atoms with Crippen LogP contribution in [0.15, 0.2) is 30.3 Å². The lowest BCUT2D eigenvalue weighted by Crippen LogP contribution is -2.39. The molecule has 4 nitrogen and oxygen atoms in total. The SMILES string of the molecule is O=C(NCC(F)(F)CO)OCc1ccccc1. The van der Waals surface area contributed by atoms with Crippen molar-refractivity contribution < 1.29 is 23.4 Å². The van der Waals surface area contributed by atoms with E-state index < -0.39 is 25.2 Å². The second-order valence-corrected chi connectivity index (χ2v) is 3.43. The third kappa shape index (κ3) is 5.26. The van der Waals surface area contributed by atoms with Crippen LogP contribution in [0.25, 0.3) is 0 Å². The number of benzene rings is 1. The molecule has 0 aliphatic carbocycles. The number of amides is 1. The van der Waals surface area contributed by atoms with E-state index in [0.717, 1.165) is 5.56 Å². The predicted molar refractivity (Wildman–Crippen MR) is 56.7 cm³/mol. The fourth-order valence-electron chi connectivity index (χ4n) is 1.03. The number of nitrogens with one attached hydrogen (secondary N) is 1. The third-order valence-corrected chi connectivity index (χ3v) is 1.94. The Kier molecular flexibility index (Phi) is 4.84. The monoisotopic (exact) mass is 245 g/mol. The molecule has 6 heteroatoms. The predicted octanol–water partition coefficient (Wildman–Crippen LogP) is 1.54. The average Bonchev–Trinajstić information content (AvgIpc) is 2.35. The van der Waals surface area contributed by atoms with E-state index >= 15 is 0 Å². The molecule has 0 saturated carbocycles. The highest BCUT2D eigenvalue weighted by Gasteiger charge is 2.28. The van der Waals surface area contributed by atoms with Crippen LogP contribution in [0.5, 0.6) is 0 Å². The van der Waals surface area contributed by atoms with Crippen molar-refractivity contribution in [1.29, 1.82) is 0 Å². The van der Waals surface area contributed by atoms with Crippen molar-refractivity contribution in [2.75, 3.05) is 13.2 Å². The molecule has 17 heavy (non-hydrogen) atoms. The number of hydrogen-bond donors (Lipinski definition) is 2. The quantitative estimate of drug-likeness (QED) is 0.827. The summed E-state index contributed by atoms with van der Waals surface area (Å²) in [6.45, 7) is -2.25. The van der Waals surface area contributed by atoms with Gasteiger partial charge >= 0.3 is 6.09 Å². The molecule has 0 fully saturated rings. The Morgan fingerprint density at radius 2 is 2.00 bits per heavy atom. The molecule has 2 N–H and O–H groups in total. The Bertz CT molecular complexity index is 357. The second-order valence-electron chi connectivity index (χ2n) is 3.43. The first-order valence-electron chi connectivity index (χ1n) is 4.97. The lowest BCUT2D eigenvalue weighted by molar-refractivity contribution is -0.0471. The molecule has 1 rings (SSSR count). The molecular formula is C11H13F2NO3. The number of hydrogen-bond acceptors (Lipinski definition) is 3. The maximum atomic E-state index is 12.6. The summed E-state index contributed by atoms with van der Waals surface area (Å²) in [6.07, 6.45) is -0.943. The van der Waals surface area contributed by atoms with E-state index in [1.165, 1.54) is 0 Å². The van der Waals surface area contributed by atoms with Gasteiger partial charge in [-0.1, -0.05) is 30.3 Å². The Morgan fingerprint density at radius 1 is 1.35 bits per heavy atom. The largest absolute Gasteiger partial charge is 0.445 e. The highest BCUT2D eigenvalue weighted by Crippen LogP contribution is 2.09. The van der Waals surface area contributed by atoms with Crippen LogP contribution in [0.2, 0.25) is 0 Å². The van der Waals surface area contributed by atoms with Gasteiger partial charge in [0.2, 0.25) is 0 Å². The molecule has 0 radical (unpaired) electrons. The Morgan fingerprint density at radius 3 is 2.59 bits per heavy atom. The second kappa shape index (κ2) is 6.15. The van der Waals surface area contributed by atoms with Crippen molar-refractivity contribution in [3.63, 3.8) is 0 Å². The van der Waals surface area contributed by atoms with Crippen LogP contribution in [0.3, 0.4) is 0 Å². The molecule has 0 spiro atoms. The van der Waals surface area contributed by atoms with E-state index in [1.807, 2.05) is 11.4 Å². The van der Waals surface area contributed by atoms with E-state index in [1.54, 1.807) is 24.3 Å². The molecule has 0 aliphatic rings. The van der Waals surface area contributed by atoms with Gasteiger partial charge in [-0.05, 0) is 5.56 Å². The van der Waals surface area contributed by atoms with Gasteiger partial charge in [-0.3, -0.25) is 0 Å². The summed E-state index contributed by atoms with van der Waals surface area (Å²) in [4.78, 5) is 11.0. The van der Waals surface area contributed by atoms with Crippen molar-refractivity contribution in [1.82, 2.24) is 5.32 Å². The summed E-state index contributed by atoms with van der Waals surface area (Å²) in [5, 5.41) is 10.1. The van der Waals surface area contributed by atoms with Crippen molar-refractivity contribution >= 4 is 6.09 Å². The molecule has 94 valence electrons. The Labute approximate surface area is 97.2 Å². The summed E-state index contributed by atoms with van der Waals surface area (Å²) in [7, 11) is 0. The molecule has 1 aromatic carbocycles. The van der Waals surface area contributed by atoms with Crippen LogP contribution in [-0.2, 0) is 11.3 Å². The zero-order valence-corrected chi connectivity index (χ0v) is 9.03. The first kappa shape index (κ1) is 13.4. The van der Waals surface area contributed by atoms with Crippen LogP contribution in [0, 0.1) is 0 Å². The minimum atomic E-state index is -3.33. The fourth-order valence-corrected chi connectivity index (χ4v) is 1.03. The van der Waals surface area contributed by atoms with Crippen LogP contribution in [0.1, 0.15) is 5.56 Å². The number of ether oxygens (including phenoxy) is 1. The first-order chi connectivity index (χ1) is 8.03. The number of carbonyl (C=O) groups excluding carboxylic acids is 1. The number of rotatable bonds is 5. The number of carbonyl (C=O) groups is 1. The van der Waals surface area contributed by atoms with Crippen LogP contribution in [-0.4, -0.2) is 30.3 Å². The van der Waals surface area contributed by atoms with Gasteiger partial charge in [-0.2, -0.15) is 0 Å². The van der Waals surface area contributed by atoms with Gasteiger partial charge < -0.3 is 15.2 Å². The molecule has 0 bridgehead atoms. The molecule has 0 saturated heterocycles. The molecule has 0 aliphatic heterocycles. The number of aliphatic hydroxyl groups excluding tert-OH is 1. The van der Waals surface area contributed by atoms with Gasteiger partial charge in [0, 0.05) is 0 Å². The van der Waals surface area contributed by atoms with Crippen molar-refractivity contribution in [3.8, 4) is 0 Å². The molecule has 0 aromatic heterocycles. The van der Waals surface area contributed by atoms with Gasteiger partial charge in [0.1, 0.15) is 13.2 Å². The number of alkyl carbamates (subject to hydrolysis) is 1. The molecule has 0 unspecified atom stereocenters. The van der Waals surface area contributed by atoms with Gasteiger partial charge in [0.25, 0.3) is 5.92 Å².